The minimum Gasteiger partial charge on any atom is -0.355 e. The molecule has 0 unspecified atom stereocenters. The molecular weight excluding hydrogens is 339 g/mol. The van der Waals surface area contributed by atoms with Crippen molar-refractivity contribution in [2.24, 2.45) is 0 Å². The first-order valence-corrected chi connectivity index (χ1v) is 7.57. The van der Waals surface area contributed by atoms with Crippen molar-refractivity contribution in [3.05, 3.63) is 66.0 Å². The number of H-pyrrole nitrogens is 3. The minimum atomic E-state index is 0. The molecular formula is C19H14MnN4. The number of aromatic nitrogens is 4. The Kier molecular flexibility index (Phi) is 3.53. The van der Waals surface area contributed by atoms with Crippen molar-refractivity contribution in [1.82, 2.24) is 19.9 Å². The van der Waals surface area contributed by atoms with Gasteiger partial charge in [-0.05, 0) is 66.7 Å². The van der Waals surface area contributed by atoms with Crippen LogP contribution in [0.2, 0.25) is 0 Å². The van der Waals surface area contributed by atoms with Crippen LogP contribution in [0.15, 0.2) is 54.6 Å². The Morgan fingerprint density at radius 2 is 1.12 bits per heavy atom. The standard InChI is InChI=1S/C19H14N4.Mn/c1-3-14-10-16-5-7-18(22-16)19-8-6-17(23-19)11-15-4-2-13(21-15)9-12(1)20-14;/h1-11,20-22H;. The molecule has 0 spiro atoms. The SMILES string of the molecule is C1=Cc2nc1cc1ccc(cc3ccc(cc4ccc2[nH]4)[nH]3)[nH]1.[Mn]. The van der Waals surface area contributed by atoms with E-state index in [9.17, 15) is 0 Å². The summed E-state index contributed by atoms with van der Waals surface area (Å²) in [5.74, 6) is 0. The smallest absolute Gasteiger partial charge is 0.0872 e. The Hall–Kier alpha value is -2.75. The van der Waals surface area contributed by atoms with E-state index < -0.39 is 0 Å². The third-order valence-electron chi connectivity index (χ3n) is 4.03. The molecule has 1 aliphatic rings. The number of nitrogens with one attached hydrogen (secondary N) is 3. The molecule has 0 saturated carbocycles. The quantitative estimate of drug-likeness (QED) is 0.348. The van der Waals surface area contributed by atoms with Crippen molar-refractivity contribution in [2.75, 3.05) is 0 Å². The Bertz CT molecular complexity index is 1180. The molecule has 4 aromatic rings. The average molecular weight is 353 g/mol. The predicted molar refractivity (Wildman–Crippen MR) is 95.2 cm³/mol. The van der Waals surface area contributed by atoms with Gasteiger partial charge in [0.2, 0.25) is 0 Å². The largest absolute Gasteiger partial charge is 0.355 e. The topological polar surface area (TPSA) is 60.3 Å². The van der Waals surface area contributed by atoms with Crippen LogP contribution in [0.3, 0.4) is 0 Å². The molecule has 117 valence electrons. The molecule has 1 aliphatic heterocycles. The number of aromatic amines is 3. The first-order chi connectivity index (χ1) is 11.3. The molecule has 24 heavy (non-hydrogen) atoms. The van der Waals surface area contributed by atoms with Gasteiger partial charge in [-0.25, -0.2) is 4.98 Å². The summed E-state index contributed by atoms with van der Waals surface area (Å²) in [5.41, 5.74) is 8.22. The molecule has 8 bridgehead atoms. The fourth-order valence-corrected chi connectivity index (χ4v) is 2.94. The van der Waals surface area contributed by atoms with Crippen molar-refractivity contribution in [2.45, 2.75) is 0 Å². The first-order valence-electron chi connectivity index (χ1n) is 7.57. The van der Waals surface area contributed by atoms with E-state index in [1.165, 1.54) is 0 Å². The summed E-state index contributed by atoms with van der Waals surface area (Å²) < 4.78 is 0. The zero-order valence-electron chi connectivity index (χ0n) is 12.7. The van der Waals surface area contributed by atoms with Crippen LogP contribution in [0, 0.1) is 0 Å². The molecule has 4 nitrogen and oxygen atoms in total. The van der Waals surface area contributed by atoms with E-state index >= 15 is 0 Å². The zero-order chi connectivity index (χ0) is 15.2. The van der Waals surface area contributed by atoms with E-state index in [4.69, 9.17) is 0 Å². The van der Waals surface area contributed by atoms with E-state index in [-0.39, 0.29) is 17.1 Å². The van der Waals surface area contributed by atoms with Gasteiger partial charge in [0.25, 0.3) is 0 Å². The van der Waals surface area contributed by atoms with Crippen molar-refractivity contribution in [3.63, 3.8) is 0 Å². The number of hydrogen-bond acceptors (Lipinski definition) is 1. The molecule has 5 heteroatoms. The van der Waals surface area contributed by atoms with Gasteiger partial charge in [-0.15, -0.1) is 0 Å². The molecule has 5 rings (SSSR count). The van der Waals surface area contributed by atoms with Crippen molar-refractivity contribution >= 4 is 45.3 Å². The molecule has 0 aliphatic carbocycles. The van der Waals surface area contributed by atoms with Gasteiger partial charge in [0.1, 0.15) is 0 Å². The summed E-state index contributed by atoms with van der Waals surface area (Å²) in [6.45, 7) is 0. The van der Waals surface area contributed by atoms with Crippen molar-refractivity contribution in [3.8, 4) is 0 Å². The van der Waals surface area contributed by atoms with Crippen LogP contribution in [-0.2, 0) is 17.1 Å². The second-order valence-electron chi connectivity index (χ2n) is 5.75. The fourth-order valence-electron chi connectivity index (χ4n) is 2.94. The van der Waals surface area contributed by atoms with Gasteiger partial charge in [0.15, 0.2) is 0 Å². The van der Waals surface area contributed by atoms with Crippen LogP contribution in [-0.4, -0.2) is 19.9 Å². The zero-order valence-corrected chi connectivity index (χ0v) is 13.9. The second kappa shape index (κ2) is 5.71. The average Bonchev–Trinajstić information content (AvgIpc) is 3.28. The summed E-state index contributed by atoms with van der Waals surface area (Å²) in [4.78, 5) is 14.9. The number of nitrogens with zero attached hydrogens (tertiary/aromatic N) is 1. The van der Waals surface area contributed by atoms with Gasteiger partial charge < -0.3 is 15.0 Å². The summed E-state index contributed by atoms with van der Waals surface area (Å²) in [7, 11) is 0. The monoisotopic (exact) mass is 353 g/mol. The summed E-state index contributed by atoms with van der Waals surface area (Å²) in [6, 6.07) is 18.7. The molecule has 1 radical (unpaired) electrons. The number of rotatable bonds is 0. The Balaban J connectivity index is 0.00000146. The molecule has 0 atom stereocenters. The van der Waals surface area contributed by atoms with E-state index in [0.29, 0.717) is 0 Å². The van der Waals surface area contributed by atoms with Crippen LogP contribution in [0.4, 0.5) is 0 Å². The Morgan fingerprint density at radius 3 is 1.79 bits per heavy atom. The Morgan fingerprint density at radius 1 is 0.583 bits per heavy atom. The van der Waals surface area contributed by atoms with Crippen molar-refractivity contribution in [1.29, 1.82) is 0 Å². The van der Waals surface area contributed by atoms with E-state index in [2.05, 4.69) is 74.5 Å². The number of hydrogen-bond donors (Lipinski definition) is 3. The second-order valence-corrected chi connectivity index (χ2v) is 5.75. The van der Waals surface area contributed by atoms with Gasteiger partial charge in [0, 0.05) is 44.7 Å². The van der Waals surface area contributed by atoms with Gasteiger partial charge in [-0.2, -0.15) is 0 Å². The molecule has 4 aromatic heterocycles. The van der Waals surface area contributed by atoms with Crippen molar-refractivity contribution < 1.29 is 17.1 Å². The Labute approximate surface area is 148 Å². The molecule has 0 amide bonds. The van der Waals surface area contributed by atoms with Gasteiger partial charge in [0.05, 0.1) is 16.9 Å². The maximum Gasteiger partial charge on any atom is 0.0872 e. The summed E-state index contributed by atoms with van der Waals surface area (Å²) >= 11 is 0. The van der Waals surface area contributed by atoms with E-state index in [0.717, 1.165) is 44.5 Å². The van der Waals surface area contributed by atoms with Crippen LogP contribution in [0.25, 0.3) is 45.3 Å². The molecule has 0 aromatic carbocycles. The fraction of sp³-hybridized carbons (Fsp3) is 0. The van der Waals surface area contributed by atoms with Gasteiger partial charge in [-0.1, -0.05) is 0 Å². The van der Waals surface area contributed by atoms with E-state index in [1.54, 1.807) is 0 Å². The van der Waals surface area contributed by atoms with Gasteiger partial charge >= 0.3 is 0 Å². The van der Waals surface area contributed by atoms with Crippen LogP contribution in [0.1, 0.15) is 11.4 Å². The number of fused-ring (bicyclic) bond motifs is 9. The third kappa shape index (κ3) is 2.64. The van der Waals surface area contributed by atoms with E-state index in [1.807, 2.05) is 12.2 Å². The van der Waals surface area contributed by atoms with Gasteiger partial charge in [-0.3, -0.25) is 0 Å². The summed E-state index contributed by atoms with van der Waals surface area (Å²) in [6.07, 6.45) is 4.07. The van der Waals surface area contributed by atoms with Crippen LogP contribution in [0.5, 0.6) is 0 Å². The maximum absolute atomic E-state index is 4.68. The predicted octanol–water partition coefficient (Wildman–Crippen LogP) is 4.69. The maximum atomic E-state index is 4.68. The molecule has 0 fully saturated rings. The van der Waals surface area contributed by atoms with Crippen LogP contribution < -0.4 is 0 Å². The minimum absolute atomic E-state index is 0. The molecule has 0 saturated heterocycles. The third-order valence-corrected chi connectivity index (χ3v) is 4.03. The first kappa shape index (κ1) is 14.8. The normalized spacial score (nSPS) is 11.7. The molecule has 5 heterocycles. The molecule has 3 N–H and O–H groups in total. The van der Waals surface area contributed by atoms with Crippen LogP contribution >= 0.6 is 0 Å². The summed E-state index contributed by atoms with van der Waals surface area (Å²) in [5, 5.41) is 0.